The first kappa shape index (κ1) is 14.8. The van der Waals surface area contributed by atoms with E-state index in [-0.39, 0.29) is 5.25 Å². The number of nitrogens with zero attached hydrogens (tertiary/aromatic N) is 4. The molecule has 4 nitrogen and oxygen atoms in total. The summed E-state index contributed by atoms with van der Waals surface area (Å²) in [5.74, 6) is 0. The molecule has 3 rings (SSSR count). The smallest absolute Gasteiger partial charge is 0.187 e. The van der Waals surface area contributed by atoms with Gasteiger partial charge in [-0.2, -0.15) is 4.68 Å². The number of aryl methyl sites for hydroxylation is 2. The Morgan fingerprint density at radius 2 is 1.77 bits per heavy atom. The Hall–Kier alpha value is -2.14. The molecule has 0 spiro atoms. The van der Waals surface area contributed by atoms with Gasteiger partial charge in [-0.25, -0.2) is 0 Å². The molecule has 5 heteroatoms. The van der Waals surface area contributed by atoms with Gasteiger partial charge in [-0.05, 0) is 60.0 Å². The Labute approximate surface area is 134 Å². The Balaban J connectivity index is 1.87. The van der Waals surface area contributed by atoms with E-state index < -0.39 is 0 Å². The third-order valence-corrected chi connectivity index (χ3v) is 4.82. The largest absolute Gasteiger partial charge is 0.214 e. The minimum absolute atomic E-state index is 0.289. The molecular weight excluding hydrogens is 292 g/mol. The van der Waals surface area contributed by atoms with E-state index in [2.05, 4.69) is 78.8 Å². The Kier molecular flexibility index (Phi) is 4.24. The third-order valence-electron chi connectivity index (χ3n) is 3.73. The molecule has 1 atom stereocenters. The van der Waals surface area contributed by atoms with Gasteiger partial charge in [-0.3, -0.25) is 0 Å². The molecule has 0 aliphatic carbocycles. The monoisotopic (exact) mass is 310 g/mol. The second-order valence-electron chi connectivity index (χ2n) is 5.31. The fraction of sp³-hybridized carbons (Fsp3) is 0.235. The Morgan fingerprint density at radius 1 is 1.00 bits per heavy atom. The first-order chi connectivity index (χ1) is 10.6. The lowest BCUT2D eigenvalue weighted by atomic mass is 10.1. The molecule has 1 aromatic heterocycles. The Morgan fingerprint density at radius 3 is 2.50 bits per heavy atom. The molecule has 0 saturated heterocycles. The van der Waals surface area contributed by atoms with Crippen LogP contribution in [0.3, 0.4) is 0 Å². The highest BCUT2D eigenvalue weighted by atomic mass is 32.2. The van der Waals surface area contributed by atoms with Gasteiger partial charge in [0.2, 0.25) is 5.16 Å². The fourth-order valence-electron chi connectivity index (χ4n) is 2.22. The van der Waals surface area contributed by atoms with Gasteiger partial charge in [0.05, 0.1) is 5.69 Å². The molecule has 1 heterocycles. The first-order valence-electron chi connectivity index (χ1n) is 7.23. The summed E-state index contributed by atoms with van der Waals surface area (Å²) in [6.45, 7) is 6.37. The van der Waals surface area contributed by atoms with Gasteiger partial charge in [0.15, 0.2) is 0 Å². The van der Waals surface area contributed by atoms with Crippen LogP contribution in [0.25, 0.3) is 5.69 Å². The molecule has 3 aromatic rings. The zero-order valence-corrected chi connectivity index (χ0v) is 13.7. The van der Waals surface area contributed by atoms with Crippen molar-refractivity contribution in [3.05, 3.63) is 65.2 Å². The fourth-order valence-corrected chi connectivity index (χ4v) is 3.16. The van der Waals surface area contributed by atoms with Crippen molar-refractivity contribution in [1.29, 1.82) is 0 Å². The normalized spacial score (nSPS) is 12.3. The van der Waals surface area contributed by atoms with Gasteiger partial charge in [-0.15, -0.1) is 5.10 Å². The lowest BCUT2D eigenvalue weighted by Crippen LogP contribution is -2.01. The van der Waals surface area contributed by atoms with Crippen LogP contribution in [0.15, 0.2) is 53.7 Å². The van der Waals surface area contributed by atoms with E-state index in [0.29, 0.717) is 0 Å². The van der Waals surface area contributed by atoms with Gasteiger partial charge in [0.1, 0.15) is 0 Å². The molecule has 0 aliphatic rings. The maximum atomic E-state index is 4.17. The van der Waals surface area contributed by atoms with Crippen molar-refractivity contribution < 1.29 is 0 Å². The predicted molar refractivity (Wildman–Crippen MR) is 89.3 cm³/mol. The van der Waals surface area contributed by atoms with Crippen molar-refractivity contribution in [1.82, 2.24) is 20.2 Å². The van der Waals surface area contributed by atoms with E-state index in [0.717, 1.165) is 10.8 Å². The zero-order valence-electron chi connectivity index (χ0n) is 12.9. The molecule has 0 saturated carbocycles. The quantitative estimate of drug-likeness (QED) is 0.680. The highest BCUT2D eigenvalue weighted by Crippen LogP contribution is 2.33. The molecule has 0 N–H and O–H groups in total. The summed E-state index contributed by atoms with van der Waals surface area (Å²) in [7, 11) is 0. The van der Waals surface area contributed by atoms with E-state index in [1.165, 1.54) is 16.7 Å². The van der Waals surface area contributed by atoms with Gasteiger partial charge >= 0.3 is 0 Å². The zero-order chi connectivity index (χ0) is 15.5. The molecule has 0 fully saturated rings. The number of hydrogen-bond donors (Lipinski definition) is 0. The number of rotatable bonds is 4. The molecular formula is C17H18N4S. The summed E-state index contributed by atoms with van der Waals surface area (Å²) in [4.78, 5) is 0. The van der Waals surface area contributed by atoms with Gasteiger partial charge < -0.3 is 0 Å². The van der Waals surface area contributed by atoms with Gasteiger partial charge in [0.25, 0.3) is 0 Å². The molecule has 0 unspecified atom stereocenters. The van der Waals surface area contributed by atoms with E-state index >= 15 is 0 Å². The highest BCUT2D eigenvalue weighted by Gasteiger charge is 2.14. The number of thioether (sulfide) groups is 1. The summed E-state index contributed by atoms with van der Waals surface area (Å²) in [5, 5.41) is 13.2. The topological polar surface area (TPSA) is 43.6 Å². The molecule has 0 amide bonds. The standard InChI is InChI=1S/C17H18N4S/c1-12-9-10-16(11-13(12)2)21-17(18-19-20-21)22-14(3)15-7-5-4-6-8-15/h4-11,14H,1-3H3/t14-/m1/s1. The minimum Gasteiger partial charge on any atom is -0.187 e. The van der Waals surface area contributed by atoms with E-state index in [1.54, 1.807) is 16.4 Å². The molecule has 2 aromatic carbocycles. The molecule has 0 aliphatic heterocycles. The number of benzene rings is 2. The maximum absolute atomic E-state index is 4.17. The average Bonchev–Trinajstić information content (AvgIpc) is 2.99. The SMILES string of the molecule is Cc1ccc(-n2nnnc2S[C@H](C)c2ccccc2)cc1C. The van der Waals surface area contributed by atoms with Gasteiger partial charge in [-0.1, -0.05) is 48.2 Å². The van der Waals surface area contributed by atoms with E-state index in [4.69, 9.17) is 0 Å². The van der Waals surface area contributed by atoms with Crippen molar-refractivity contribution in [2.75, 3.05) is 0 Å². The number of aromatic nitrogens is 4. The highest BCUT2D eigenvalue weighted by molar-refractivity contribution is 7.99. The lowest BCUT2D eigenvalue weighted by Gasteiger charge is -2.11. The molecule has 112 valence electrons. The van der Waals surface area contributed by atoms with Gasteiger partial charge in [0, 0.05) is 5.25 Å². The average molecular weight is 310 g/mol. The summed E-state index contributed by atoms with van der Waals surface area (Å²) < 4.78 is 1.80. The van der Waals surface area contributed by atoms with E-state index in [9.17, 15) is 0 Å². The van der Waals surface area contributed by atoms with Crippen molar-refractivity contribution in [3.8, 4) is 5.69 Å². The Bertz CT molecular complexity index is 767. The first-order valence-corrected chi connectivity index (χ1v) is 8.11. The number of hydrogen-bond acceptors (Lipinski definition) is 4. The third kappa shape index (κ3) is 3.04. The molecule has 22 heavy (non-hydrogen) atoms. The summed E-state index contributed by atoms with van der Waals surface area (Å²) in [5.41, 5.74) is 4.77. The summed E-state index contributed by atoms with van der Waals surface area (Å²) in [6, 6.07) is 16.7. The second-order valence-corrected chi connectivity index (χ2v) is 6.62. The minimum atomic E-state index is 0.289. The summed E-state index contributed by atoms with van der Waals surface area (Å²) in [6.07, 6.45) is 0. The van der Waals surface area contributed by atoms with Crippen LogP contribution in [0.1, 0.15) is 28.9 Å². The van der Waals surface area contributed by atoms with Crippen molar-refractivity contribution in [3.63, 3.8) is 0 Å². The van der Waals surface area contributed by atoms with Crippen LogP contribution in [-0.2, 0) is 0 Å². The van der Waals surface area contributed by atoms with Crippen LogP contribution in [0, 0.1) is 13.8 Å². The van der Waals surface area contributed by atoms with Crippen molar-refractivity contribution in [2.45, 2.75) is 31.2 Å². The van der Waals surface area contributed by atoms with Crippen LogP contribution in [0.5, 0.6) is 0 Å². The van der Waals surface area contributed by atoms with Crippen LogP contribution < -0.4 is 0 Å². The van der Waals surface area contributed by atoms with Crippen molar-refractivity contribution >= 4 is 11.8 Å². The van der Waals surface area contributed by atoms with Crippen LogP contribution in [0.2, 0.25) is 0 Å². The van der Waals surface area contributed by atoms with Crippen LogP contribution in [0.4, 0.5) is 0 Å². The second kappa shape index (κ2) is 6.32. The predicted octanol–water partition coefficient (Wildman–Crippen LogP) is 4.13. The molecule has 0 bridgehead atoms. The van der Waals surface area contributed by atoms with E-state index in [1.807, 2.05) is 6.07 Å². The summed E-state index contributed by atoms with van der Waals surface area (Å²) >= 11 is 1.66. The van der Waals surface area contributed by atoms with Crippen LogP contribution >= 0.6 is 11.8 Å². The maximum Gasteiger partial charge on any atom is 0.214 e. The van der Waals surface area contributed by atoms with Crippen molar-refractivity contribution in [2.24, 2.45) is 0 Å². The molecule has 0 radical (unpaired) electrons. The lowest BCUT2D eigenvalue weighted by molar-refractivity contribution is 0.754. The number of tetrazole rings is 1. The van der Waals surface area contributed by atoms with Crippen LogP contribution in [-0.4, -0.2) is 20.2 Å².